The van der Waals surface area contributed by atoms with E-state index in [4.69, 9.17) is 9.47 Å². The topological polar surface area (TPSA) is 92.1 Å². The first-order chi connectivity index (χ1) is 13.4. The number of thiophene rings is 1. The molecular formula is C19H27N5O3S. The lowest BCUT2D eigenvalue weighted by Crippen LogP contribution is -2.37. The van der Waals surface area contributed by atoms with Gasteiger partial charge in [0.05, 0.1) is 30.7 Å². The van der Waals surface area contributed by atoms with E-state index in [9.17, 15) is 5.11 Å². The molecular weight excluding hydrogens is 378 g/mol. The van der Waals surface area contributed by atoms with Gasteiger partial charge in [-0.3, -0.25) is 5.43 Å². The number of rotatable bonds is 8. The van der Waals surface area contributed by atoms with Crippen LogP contribution in [0.1, 0.15) is 31.3 Å². The third-order valence-electron chi connectivity index (χ3n) is 3.96. The highest BCUT2D eigenvalue weighted by Crippen LogP contribution is 2.22. The van der Waals surface area contributed by atoms with Gasteiger partial charge < -0.3 is 19.5 Å². The van der Waals surface area contributed by atoms with Crippen molar-refractivity contribution >= 4 is 28.5 Å². The predicted molar refractivity (Wildman–Crippen MR) is 112 cm³/mol. The van der Waals surface area contributed by atoms with Crippen LogP contribution in [0.4, 0.5) is 10.9 Å². The SMILES string of the molecule is CCc1ccc(NN=Cc2cc(OCC(C)(C)O)nc(N3CCOCC3)n2)s1. The van der Waals surface area contributed by atoms with Gasteiger partial charge in [-0.25, -0.2) is 4.98 Å². The van der Waals surface area contributed by atoms with Crippen molar-refractivity contribution in [1.29, 1.82) is 0 Å². The van der Waals surface area contributed by atoms with Crippen molar-refractivity contribution in [3.05, 3.63) is 28.8 Å². The predicted octanol–water partition coefficient (Wildman–Crippen LogP) is 2.53. The Labute approximate surface area is 169 Å². The summed E-state index contributed by atoms with van der Waals surface area (Å²) < 4.78 is 11.1. The molecule has 8 nitrogen and oxygen atoms in total. The number of morpholine rings is 1. The first-order valence-electron chi connectivity index (χ1n) is 9.38. The van der Waals surface area contributed by atoms with Gasteiger partial charge in [-0.1, -0.05) is 6.92 Å². The van der Waals surface area contributed by atoms with Crippen LogP contribution in [0.2, 0.25) is 0 Å². The molecule has 1 fully saturated rings. The van der Waals surface area contributed by atoms with Gasteiger partial charge in [-0.05, 0) is 32.4 Å². The van der Waals surface area contributed by atoms with E-state index < -0.39 is 5.60 Å². The average molecular weight is 406 g/mol. The van der Waals surface area contributed by atoms with E-state index in [2.05, 4.69) is 38.4 Å². The molecule has 2 aromatic heterocycles. The molecule has 9 heteroatoms. The zero-order valence-electron chi connectivity index (χ0n) is 16.5. The van der Waals surface area contributed by atoms with Crippen LogP contribution in [0.25, 0.3) is 0 Å². The number of aliphatic hydroxyl groups is 1. The van der Waals surface area contributed by atoms with Gasteiger partial charge in [0.1, 0.15) is 11.6 Å². The van der Waals surface area contributed by atoms with E-state index in [1.165, 1.54) is 4.88 Å². The first kappa shape index (κ1) is 20.5. The Kier molecular flexibility index (Phi) is 6.82. The standard InChI is InChI=1S/C19H27N5O3S/c1-4-15-5-6-17(28-15)23-20-12-14-11-16(27-13-19(2,3)25)22-18(21-14)24-7-9-26-10-8-24/h5-6,11-12,23,25H,4,7-10,13H2,1-3H3. The Morgan fingerprint density at radius 2 is 2.14 bits per heavy atom. The molecule has 3 rings (SSSR count). The number of nitrogens with zero attached hydrogens (tertiary/aromatic N) is 4. The lowest BCUT2D eigenvalue weighted by Gasteiger charge is -2.27. The van der Waals surface area contributed by atoms with Crippen molar-refractivity contribution < 1.29 is 14.6 Å². The van der Waals surface area contributed by atoms with Gasteiger partial charge in [-0.15, -0.1) is 11.3 Å². The van der Waals surface area contributed by atoms with Crippen molar-refractivity contribution in [2.45, 2.75) is 32.8 Å². The molecule has 0 unspecified atom stereocenters. The third-order valence-corrected chi connectivity index (χ3v) is 5.09. The van der Waals surface area contributed by atoms with Crippen molar-refractivity contribution in [3.8, 4) is 5.88 Å². The van der Waals surface area contributed by atoms with E-state index in [-0.39, 0.29) is 6.61 Å². The molecule has 0 aromatic carbocycles. The number of nitrogens with one attached hydrogen (secondary N) is 1. The van der Waals surface area contributed by atoms with Crippen molar-refractivity contribution in [1.82, 2.24) is 9.97 Å². The Bertz CT molecular complexity index is 797. The van der Waals surface area contributed by atoms with Gasteiger partial charge >= 0.3 is 0 Å². The lowest BCUT2D eigenvalue weighted by atomic mass is 10.2. The number of aromatic nitrogens is 2. The number of ether oxygens (including phenoxy) is 2. The number of hydrazone groups is 1. The summed E-state index contributed by atoms with van der Waals surface area (Å²) in [7, 11) is 0. The van der Waals surface area contributed by atoms with Gasteiger partial charge in [0.15, 0.2) is 0 Å². The second-order valence-electron chi connectivity index (χ2n) is 7.12. The Hall–Kier alpha value is -2.23. The molecule has 0 amide bonds. The maximum atomic E-state index is 9.93. The van der Waals surface area contributed by atoms with Crippen LogP contribution in [0.3, 0.4) is 0 Å². The van der Waals surface area contributed by atoms with Crippen molar-refractivity contribution in [2.75, 3.05) is 43.2 Å². The average Bonchev–Trinajstić information content (AvgIpc) is 3.14. The summed E-state index contributed by atoms with van der Waals surface area (Å²) in [6, 6.07) is 5.82. The maximum Gasteiger partial charge on any atom is 0.229 e. The molecule has 0 spiro atoms. The lowest BCUT2D eigenvalue weighted by molar-refractivity contribution is 0.0268. The summed E-state index contributed by atoms with van der Waals surface area (Å²) in [6.45, 7) is 8.36. The Morgan fingerprint density at radius 1 is 1.36 bits per heavy atom. The van der Waals surface area contributed by atoms with Crippen LogP contribution in [0.15, 0.2) is 23.3 Å². The molecule has 1 saturated heterocycles. The summed E-state index contributed by atoms with van der Waals surface area (Å²) in [4.78, 5) is 12.4. The molecule has 0 atom stereocenters. The molecule has 2 N–H and O–H groups in total. The minimum absolute atomic E-state index is 0.135. The van der Waals surface area contributed by atoms with Crippen LogP contribution in [-0.4, -0.2) is 59.8 Å². The van der Waals surface area contributed by atoms with Crippen LogP contribution >= 0.6 is 11.3 Å². The molecule has 0 radical (unpaired) electrons. The summed E-state index contributed by atoms with van der Waals surface area (Å²) in [5.74, 6) is 0.979. The minimum Gasteiger partial charge on any atom is -0.474 e. The smallest absolute Gasteiger partial charge is 0.229 e. The monoisotopic (exact) mass is 405 g/mol. The molecule has 0 bridgehead atoms. The van der Waals surface area contributed by atoms with Crippen LogP contribution in [0, 0.1) is 0 Å². The first-order valence-corrected chi connectivity index (χ1v) is 10.2. The zero-order chi connectivity index (χ0) is 20.0. The highest BCUT2D eigenvalue weighted by Gasteiger charge is 2.18. The van der Waals surface area contributed by atoms with Crippen molar-refractivity contribution in [3.63, 3.8) is 0 Å². The fourth-order valence-corrected chi connectivity index (χ4v) is 3.31. The Morgan fingerprint density at radius 3 is 2.82 bits per heavy atom. The quantitative estimate of drug-likeness (QED) is 0.515. The molecule has 2 aromatic rings. The summed E-state index contributed by atoms with van der Waals surface area (Å²) in [5, 5.41) is 15.2. The highest BCUT2D eigenvalue weighted by molar-refractivity contribution is 7.16. The number of aryl methyl sites for hydroxylation is 1. The fourth-order valence-electron chi connectivity index (χ4n) is 2.52. The largest absolute Gasteiger partial charge is 0.474 e. The zero-order valence-corrected chi connectivity index (χ0v) is 17.3. The van der Waals surface area contributed by atoms with Gasteiger partial charge in [-0.2, -0.15) is 10.1 Å². The number of hydrogen-bond donors (Lipinski definition) is 2. The molecule has 0 aliphatic carbocycles. The molecule has 1 aliphatic rings. The second kappa shape index (κ2) is 9.31. The molecule has 3 heterocycles. The number of hydrogen-bond acceptors (Lipinski definition) is 9. The van der Waals surface area contributed by atoms with Crippen LogP contribution in [0.5, 0.6) is 5.88 Å². The number of anilines is 2. The Balaban J connectivity index is 1.76. The molecule has 152 valence electrons. The summed E-state index contributed by atoms with van der Waals surface area (Å²) in [6.07, 6.45) is 2.65. The molecule has 1 aliphatic heterocycles. The minimum atomic E-state index is -0.948. The van der Waals surface area contributed by atoms with E-state index in [0.29, 0.717) is 30.7 Å². The van der Waals surface area contributed by atoms with Gasteiger partial charge in [0.2, 0.25) is 11.8 Å². The van der Waals surface area contributed by atoms with Crippen LogP contribution < -0.4 is 15.1 Å². The van der Waals surface area contributed by atoms with Crippen molar-refractivity contribution in [2.24, 2.45) is 5.10 Å². The maximum absolute atomic E-state index is 9.93. The van der Waals surface area contributed by atoms with Gasteiger partial charge in [0.25, 0.3) is 0 Å². The van der Waals surface area contributed by atoms with E-state index in [1.807, 2.05) is 6.07 Å². The van der Waals surface area contributed by atoms with Crippen LogP contribution in [-0.2, 0) is 11.2 Å². The highest BCUT2D eigenvalue weighted by atomic mass is 32.1. The second-order valence-corrected chi connectivity index (χ2v) is 8.29. The van der Waals surface area contributed by atoms with E-state index in [1.54, 1.807) is 37.5 Å². The normalized spacial score (nSPS) is 15.2. The summed E-state index contributed by atoms with van der Waals surface area (Å²) in [5.41, 5.74) is 2.71. The molecule has 0 saturated carbocycles. The van der Waals surface area contributed by atoms with E-state index in [0.717, 1.165) is 24.5 Å². The summed E-state index contributed by atoms with van der Waals surface area (Å²) >= 11 is 1.68. The van der Waals surface area contributed by atoms with Gasteiger partial charge in [0, 0.05) is 24.0 Å². The third kappa shape index (κ3) is 6.15. The fraction of sp³-hybridized carbons (Fsp3) is 0.526. The molecule has 28 heavy (non-hydrogen) atoms. The van der Waals surface area contributed by atoms with E-state index >= 15 is 0 Å².